The van der Waals surface area contributed by atoms with Crippen LogP contribution in [-0.4, -0.2) is 11.6 Å². The van der Waals surface area contributed by atoms with Gasteiger partial charge in [0.15, 0.2) is 11.6 Å². The molecule has 94 valence electrons. The molecule has 0 aliphatic heterocycles. The Balaban J connectivity index is 2.40. The molecule has 0 aromatic heterocycles. The van der Waals surface area contributed by atoms with Crippen molar-refractivity contribution in [2.75, 3.05) is 5.73 Å². The molecular weight excluding hydrogens is 330 g/mol. The predicted molar refractivity (Wildman–Crippen MR) is 76.9 cm³/mol. The van der Waals surface area contributed by atoms with Crippen LogP contribution < -0.4 is 5.73 Å². The van der Waals surface area contributed by atoms with Crippen molar-refractivity contribution in [1.82, 2.24) is 0 Å². The first-order valence-electron chi connectivity index (χ1n) is 5.48. The first-order valence-corrected chi connectivity index (χ1v) is 6.65. The van der Waals surface area contributed by atoms with Crippen molar-refractivity contribution in [1.29, 1.82) is 0 Å². The molecule has 0 saturated carbocycles. The number of nitrogen functional groups attached to an aromatic ring is 1. The van der Waals surface area contributed by atoms with E-state index in [2.05, 4.69) is 15.9 Å². The predicted octanol–water partition coefficient (Wildman–Crippen LogP) is 3.46. The third-order valence-electron chi connectivity index (χ3n) is 3.15. The van der Waals surface area contributed by atoms with Gasteiger partial charge in [0, 0.05) is 15.6 Å². The van der Waals surface area contributed by atoms with Crippen LogP contribution in [0.3, 0.4) is 0 Å². The van der Waals surface area contributed by atoms with Crippen LogP contribution >= 0.6 is 27.5 Å². The Bertz CT molecular complexity index is 755. The summed E-state index contributed by atoms with van der Waals surface area (Å²) in [6.45, 7) is 0. The van der Waals surface area contributed by atoms with Crippen molar-refractivity contribution in [3.63, 3.8) is 0 Å². The Morgan fingerprint density at radius 3 is 2.32 bits per heavy atom. The number of nitrogens with two attached hydrogens (primary N) is 1. The molecule has 2 N–H and O–H groups in total. The molecule has 5 heteroatoms. The standard InChI is InChI=1S/C14H7BrClNO2/c15-8-5-4-7-11(12(8)17)14(19)6-2-1-3-9(16)10(6)13(7)18/h1-5H,17H2. The van der Waals surface area contributed by atoms with Crippen molar-refractivity contribution >= 4 is 44.8 Å². The van der Waals surface area contributed by atoms with E-state index in [9.17, 15) is 9.59 Å². The molecule has 0 spiro atoms. The topological polar surface area (TPSA) is 60.2 Å². The first-order chi connectivity index (χ1) is 9.02. The summed E-state index contributed by atoms with van der Waals surface area (Å²) in [7, 11) is 0. The van der Waals surface area contributed by atoms with E-state index in [-0.39, 0.29) is 33.4 Å². The lowest BCUT2D eigenvalue weighted by Gasteiger charge is -2.20. The summed E-state index contributed by atoms with van der Waals surface area (Å²) >= 11 is 9.29. The molecule has 2 aromatic carbocycles. The van der Waals surface area contributed by atoms with E-state index in [1.807, 2.05) is 0 Å². The quantitative estimate of drug-likeness (QED) is 0.640. The molecule has 2 aromatic rings. The number of hydrogen-bond donors (Lipinski definition) is 1. The van der Waals surface area contributed by atoms with Gasteiger partial charge in [-0.15, -0.1) is 0 Å². The molecule has 3 rings (SSSR count). The molecule has 0 amide bonds. The molecule has 0 unspecified atom stereocenters. The molecular formula is C14H7BrClNO2. The summed E-state index contributed by atoms with van der Waals surface area (Å²) in [6.07, 6.45) is 0. The van der Waals surface area contributed by atoms with Crippen LogP contribution in [0.1, 0.15) is 31.8 Å². The SMILES string of the molecule is Nc1c(Br)ccc2c1C(=O)c1cccc(Cl)c1C2=O. The van der Waals surface area contributed by atoms with Gasteiger partial charge in [-0.05, 0) is 34.1 Å². The van der Waals surface area contributed by atoms with Crippen molar-refractivity contribution < 1.29 is 9.59 Å². The lowest BCUT2D eigenvalue weighted by atomic mass is 9.83. The highest BCUT2D eigenvalue weighted by Crippen LogP contribution is 2.36. The average Bonchev–Trinajstić information content (AvgIpc) is 2.39. The molecule has 1 aliphatic rings. The van der Waals surface area contributed by atoms with E-state index in [1.54, 1.807) is 30.3 Å². The summed E-state index contributed by atoms with van der Waals surface area (Å²) in [6, 6.07) is 8.07. The number of carbonyl (C=O) groups is 2. The van der Waals surface area contributed by atoms with E-state index < -0.39 is 0 Å². The van der Waals surface area contributed by atoms with Crippen LogP contribution in [0.4, 0.5) is 5.69 Å². The second-order valence-electron chi connectivity index (χ2n) is 4.20. The summed E-state index contributed by atoms with van der Waals surface area (Å²) in [5.74, 6) is -0.541. The number of rotatable bonds is 0. The van der Waals surface area contributed by atoms with Gasteiger partial charge in [-0.3, -0.25) is 9.59 Å². The Morgan fingerprint density at radius 1 is 0.947 bits per heavy atom. The third kappa shape index (κ3) is 1.64. The number of hydrogen-bond acceptors (Lipinski definition) is 3. The zero-order valence-corrected chi connectivity index (χ0v) is 11.9. The van der Waals surface area contributed by atoms with Crippen molar-refractivity contribution in [3.05, 3.63) is 62.1 Å². The van der Waals surface area contributed by atoms with Crippen LogP contribution in [0.5, 0.6) is 0 Å². The Labute approximate surface area is 122 Å². The fourth-order valence-electron chi connectivity index (χ4n) is 2.24. The summed E-state index contributed by atoms with van der Waals surface area (Å²) in [5, 5.41) is 0.281. The molecule has 0 saturated heterocycles. The molecule has 3 nitrogen and oxygen atoms in total. The maximum atomic E-state index is 12.5. The van der Waals surface area contributed by atoms with Gasteiger partial charge < -0.3 is 5.73 Å². The van der Waals surface area contributed by atoms with Gasteiger partial charge in [0.25, 0.3) is 0 Å². The van der Waals surface area contributed by atoms with Crippen LogP contribution in [0.25, 0.3) is 0 Å². The molecule has 0 atom stereocenters. The van der Waals surface area contributed by atoms with Crippen molar-refractivity contribution in [3.8, 4) is 0 Å². The highest BCUT2D eigenvalue weighted by Gasteiger charge is 2.33. The maximum Gasteiger partial charge on any atom is 0.196 e. The van der Waals surface area contributed by atoms with Crippen LogP contribution in [0.2, 0.25) is 5.02 Å². The highest BCUT2D eigenvalue weighted by molar-refractivity contribution is 9.10. The molecule has 0 heterocycles. The van der Waals surface area contributed by atoms with Gasteiger partial charge in [0.2, 0.25) is 0 Å². The van der Waals surface area contributed by atoms with Crippen LogP contribution in [-0.2, 0) is 0 Å². The second-order valence-corrected chi connectivity index (χ2v) is 5.47. The number of ketones is 2. The summed E-state index contributed by atoms with van der Waals surface area (Å²) in [5.41, 5.74) is 7.27. The lowest BCUT2D eigenvalue weighted by molar-refractivity contribution is 0.0980. The number of carbonyl (C=O) groups excluding carboxylic acids is 2. The minimum absolute atomic E-state index is 0.245. The number of benzene rings is 2. The first kappa shape index (κ1) is 12.4. The zero-order valence-electron chi connectivity index (χ0n) is 9.54. The molecule has 0 fully saturated rings. The number of fused-ring (bicyclic) bond motifs is 2. The molecule has 0 radical (unpaired) electrons. The van der Waals surface area contributed by atoms with Crippen molar-refractivity contribution in [2.45, 2.75) is 0 Å². The van der Waals surface area contributed by atoms with E-state index in [4.69, 9.17) is 17.3 Å². The van der Waals surface area contributed by atoms with Gasteiger partial charge >= 0.3 is 0 Å². The van der Waals surface area contributed by atoms with Gasteiger partial charge in [0.1, 0.15) is 0 Å². The van der Waals surface area contributed by atoms with E-state index in [0.29, 0.717) is 15.6 Å². The van der Waals surface area contributed by atoms with Gasteiger partial charge in [-0.2, -0.15) is 0 Å². The monoisotopic (exact) mass is 335 g/mol. The minimum atomic E-state index is -0.272. The fraction of sp³-hybridized carbons (Fsp3) is 0. The fourth-order valence-corrected chi connectivity index (χ4v) is 2.83. The number of anilines is 1. The van der Waals surface area contributed by atoms with Gasteiger partial charge in [-0.25, -0.2) is 0 Å². The van der Waals surface area contributed by atoms with Crippen LogP contribution in [0.15, 0.2) is 34.8 Å². The summed E-state index contributed by atoms with van der Waals surface area (Å²) in [4.78, 5) is 24.9. The largest absolute Gasteiger partial charge is 0.397 e. The van der Waals surface area contributed by atoms with E-state index in [1.165, 1.54) is 0 Å². The van der Waals surface area contributed by atoms with Crippen LogP contribution in [0, 0.1) is 0 Å². The second kappa shape index (κ2) is 4.18. The van der Waals surface area contributed by atoms with E-state index >= 15 is 0 Å². The van der Waals surface area contributed by atoms with E-state index in [0.717, 1.165) is 0 Å². The smallest absolute Gasteiger partial charge is 0.196 e. The Kier molecular flexibility index (Phi) is 2.73. The minimum Gasteiger partial charge on any atom is -0.397 e. The summed E-state index contributed by atoms with van der Waals surface area (Å²) < 4.78 is 0.595. The van der Waals surface area contributed by atoms with Crippen molar-refractivity contribution in [2.24, 2.45) is 0 Å². The van der Waals surface area contributed by atoms with Gasteiger partial charge in [-0.1, -0.05) is 23.7 Å². The van der Waals surface area contributed by atoms with Gasteiger partial charge in [0.05, 0.1) is 21.8 Å². The molecule has 0 bridgehead atoms. The normalized spacial score (nSPS) is 13.2. The average molecular weight is 337 g/mol. The Hall–Kier alpha value is -1.65. The zero-order chi connectivity index (χ0) is 13.7. The molecule has 19 heavy (non-hydrogen) atoms. The lowest BCUT2D eigenvalue weighted by Crippen LogP contribution is -2.22. The number of halogens is 2. The Morgan fingerprint density at radius 2 is 1.58 bits per heavy atom. The molecule has 1 aliphatic carbocycles. The highest BCUT2D eigenvalue weighted by atomic mass is 79.9. The maximum absolute atomic E-state index is 12.5. The third-order valence-corrected chi connectivity index (χ3v) is 4.16.